The van der Waals surface area contributed by atoms with E-state index in [0.29, 0.717) is 26.3 Å². The minimum atomic E-state index is 0.00253. The lowest BCUT2D eigenvalue weighted by atomic mass is 9.95. The number of fused-ring (bicyclic) bond motifs is 1. The van der Waals surface area contributed by atoms with Crippen molar-refractivity contribution in [3.05, 3.63) is 42.0 Å². The molecular weight excluding hydrogens is 320 g/mol. The maximum atomic E-state index is 12.4. The van der Waals surface area contributed by atoms with Gasteiger partial charge in [-0.1, -0.05) is 0 Å². The van der Waals surface area contributed by atoms with Crippen molar-refractivity contribution in [3.8, 4) is 5.75 Å². The molecule has 25 heavy (non-hydrogen) atoms. The van der Waals surface area contributed by atoms with Crippen molar-refractivity contribution in [2.45, 2.75) is 32.9 Å². The van der Waals surface area contributed by atoms with E-state index in [0.717, 1.165) is 23.6 Å². The number of rotatable bonds is 7. The van der Waals surface area contributed by atoms with Gasteiger partial charge in [-0.05, 0) is 26.0 Å². The Morgan fingerprint density at radius 1 is 1.36 bits per heavy atom. The molecular formula is C18H24N4O3. The van der Waals surface area contributed by atoms with Gasteiger partial charge < -0.3 is 14.4 Å². The second kappa shape index (κ2) is 8.11. The Hall–Kier alpha value is -2.41. The highest BCUT2D eigenvalue weighted by atomic mass is 16.5. The van der Waals surface area contributed by atoms with Gasteiger partial charge in [-0.15, -0.1) is 0 Å². The third kappa shape index (κ3) is 3.99. The first kappa shape index (κ1) is 17.4. The molecule has 0 fully saturated rings. The molecule has 3 heterocycles. The summed E-state index contributed by atoms with van der Waals surface area (Å²) in [5.41, 5.74) is 2.24. The van der Waals surface area contributed by atoms with Crippen LogP contribution in [0.4, 0.5) is 0 Å². The first-order valence-electron chi connectivity index (χ1n) is 8.65. The van der Waals surface area contributed by atoms with Crippen LogP contribution in [0.2, 0.25) is 0 Å². The fourth-order valence-electron chi connectivity index (χ4n) is 3.06. The molecule has 1 amide bonds. The quantitative estimate of drug-likeness (QED) is 0.766. The summed E-state index contributed by atoms with van der Waals surface area (Å²) in [6.45, 7) is 7.01. The summed E-state index contributed by atoms with van der Waals surface area (Å²) in [5.74, 6) is 0.808. The lowest BCUT2D eigenvalue weighted by Crippen LogP contribution is -2.42. The van der Waals surface area contributed by atoms with Gasteiger partial charge in [0.1, 0.15) is 12.4 Å². The maximum Gasteiger partial charge on any atom is 0.248 e. The minimum absolute atomic E-state index is 0.00253. The number of hydrogen-bond donors (Lipinski definition) is 0. The van der Waals surface area contributed by atoms with Gasteiger partial charge in [-0.2, -0.15) is 5.10 Å². The predicted octanol–water partition coefficient (Wildman–Crippen LogP) is 1.84. The number of nitrogens with zero attached hydrogens (tertiary/aromatic N) is 4. The minimum Gasteiger partial charge on any atom is -0.491 e. The molecule has 0 N–H and O–H groups in total. The number of amides is 1. The average Bonchev–Trinajstić information content (AvgIpc) is 3.08. The van der Waals surface area contributed by atoms with Crippen LogP contribution < -0.4 is 4.74 Å². The molecule has 0 bridgehead atoms. The van der Waals surface area contributed by atoms with Gasteiger partial charge in [0.05, 0.1) is 31.2 Å². The molecule has 3 rings (SSSR count). The van der Waals surface area contributed by atoms with Gasteiger partial charge in [0.15, 0.2) is 0 Å². The second-order valence-corrected chi connectivity index (χ2v) is 5.97. The molecule has 0 aromatic carbocycles. The molecule has 0 saturated heterocycles. The zero-order valence-corrected chi connectivity index (χ0v) is 14.7. The Labute approximate surface area is 147 Å². The van der Waals surface area contributed by atoms with Crippen LogP contribution in [0.15, 0.2) is 30.7 Å². The fraction of sp³-hybridized carbons (Fsp3) is 0.500. The number of ether oxygens (including phenoxy) is 2. The van der Waals surface area contributed by atoms with Crippen molar-refractivity contribution in [3.63, 3.8) is 0 Å². The van der Waals surface area contributed by atoms with E-state index >= 15 is 0 Å². The molecule has 1 aliphatic rings. The first-order valence-corrected chi connectivity index (χ1v) is 8.65. The van der Waals surface area contributed by atoms with Crippen LogP contribution in [-0.4, -0.2) is 51.9 Å². The highest BCUT2D eigenvalue weighted by Gasteiger charge is 2.31. The Bertz CT molecular complexity index is 702. The van der Waals surface area contributed by atoms with E-state index in [4.69, 9.17) is 9.47 Å². The summed E-state index contributed by atoms with van der Waals surface area (Å²) in [6.07, 6.45) is 5.31. The third-order valence-electron chi connectivity index (χ3n) is 4.37. The van der Waals surface area contributed by atoms with Crippen molar-refractivity contribution in [2.24, 2.45) is 0 Å². The zero-order chi connectivity index (χ0) is 17.6. The normalized spacial score (nSPS) is 16.6. The van der Waals surface area contributed by atoms with Crippen LogP contribution in [0, 0.1) is 0 Å². The third-order valence-corrected chi connectivity index (χ3v) is 4.37. The molecule has 7 heteroatoms. The van der Waals surface area contributed by atoms with E-state index in [2.05, 4.69) is 17.0 Å². The predicted molar refractivity (Wildman–Crippen MR) is 92.3 cm³/mol. The molecule has 0 aliphatic carbocycles. The van der Waals surface area contributed by atoms with Crippen LogP contribution in [-0.2, 0) is 22.6 Å². The van der Waals surface area contributed by atoms with E-state index in [-0.39, 0.29) is 18.4 Å². The fourth-order valence-corrected chi connectivity index (χ4v) is 3.06. The number of aromatic nitrogens is 3. The van der Waals surface area contributed by atoms with Gasteiger partial charge in [-0.3, -0.25) is 14.5 Å². The number of aryl methyl sites for hydroxylation is 1. The average molecular weight is 344 g/mol. The van der Waals surface area contributed by atoms with Crippen molar-refractivity contribution < 1.29 is 14.3 Å². The van der Waals surface area contributed by atoms with Gasteiger partial charge in [0.25, 0.3) is 0 Å². The highest BCUT2D eigenvalue weighted by molar-refractivity contribution is 5.77. The topological polar surface area (TPSA) is 69.5 Å². The van der Waals surface area contributed by atoms with Crippen molar-refractivity contribution >= 4 is 5.91 Å². The first-order chi connectivity index (χ1) is 12.2. The van der Waals surface area contributed by atoms with Crippen LogP contribution >= 0.6 is 0 Å². The SMILES string of the molecule is CCOCC(=O)N1Cc2c(cnn2CC)[C@H](COc2cccnc2)C1. The van der Waals surface area contributed by atoms with Crippen LogP contribution in [0.3, 0.4) is 0 Å². The van der Waals surface area contributed by atoms with E-state index in [1.807, 2.05) is 34.8 Å². The monoisotopic (exact) mass is 344 g/mol. The molecule has 7 nitrogen and oxygen atoms in total. The zero-order valence-electron chi connectivity index (χ0n) is 14.7. The molecule has 2 aromatic rings. The molecule has 0 saturated carbocycles. The van der Waals surface area contributed by atoms with E-state index in [1.54, 1.807) is 12.4 Å². The molecule has 0 unspecified atom stereocenters. The van der Waals surface area contributed by atoms with E-state index < -0.39 is 0 Å². The number of pyridine rings is 1. The molecule has 1 aliphatic heterocycles. The summed E-state index contributed by atoms with van der Waals surface area (Å²) in [7, 11) is 0. The summed E-state index contributed by atoms with van der Waals surface area (Å²) in [4.78, 5) is 18.3. The smallest absolute Gasteiger partial charge is 0.248 e. The molecule has 1 atom stereocenters. The summed E-state index contributed by atoms with van der Waals surface area (Å²) in [6, 6.07) is 3.72. The van der Waals surface area contributed by atoms with Crippen molar-refractivity contribution in [2.75, 3.05) is 26.4 Å². The summed E-state index contributed by atoms with van der Waals surface area (Å²) < 4.78 is 13.1. The van der Waals surface area contributed by atoms with Crippen molar-refractivity contribution in [1.29, 1.82) is 0 Å². The maximum absolute atomic E-state index is 12.4. The Balaban J connectivity index is 1.76. The van der Waals surface area contributed by atoms with Crippen LogP contribution in [0.25, 0.3) is 0 Å². The Kier molecular flexibility index (Phi) is 5.65. The van der Waals surface area contributed by atoms with Gasteiger partial charge in [0, 0.05) is 37.4 Å². The number of carbonyl (C=O) groups is 1. The number of carbonyl (C=O) groups excluding carboxylic acids is 1. The molecule has 134 valence electrons. The molecule has 0 radical (unpaired) electrons. The highest BCUT2D eigenvalue weighted by Crippen LogP contribution is 2.29. The van der Waals surface area contributed by atoms with Crippen LogP contribution in [0.5, 0.6) is 5.75 Å². The number of hydrogen-bond acceptors (Lipinski definition) is 5. The second-order valence-electron chi connectivity index (χ2n) is 5.97. The van der Waals surface area contributed by atoms with E-state index in [1.165, 1.54) is 0 Å². The van der Waals surface area contributed by atoms with Gasteiger partial charge >= 0.3 is 0 Å². The lowest BCUT2D eigenvalue weighted by Gasteiger charge is -2.33. The van der Waals surface area contributed by atoms with Gasteiger partial charge in [0.2, 0.25) is 5.91 Å². The Morgan fingerprint density at radius 2 is 2.24 bits per heavy atom. The van der Waals surface area contributed by atoms with Crippen molar-refractivity contribution in [1.82, 2.24) is 19.7 Å². The standard InChI is InChI=1S/C18H24N4O3/c1-3-22-17-11-21(18(23)13-24-4-2)10-14(16(17)9-20-22)12-25-15-6-5-7-19-8-15/h5-9,14H,3-4,10-13H2,1-2H3/t14-/m0/s1. The van der Waals surface area contributed by atoms with E-state index in [9.17, 15) is 4.79 Å². The molecule has 0 spiro atoms. The Morgan fingerprint density at radius 3 is 2.96 bits per heavy atom. The largest absolute Gasteiger partial charge is 0.491 e. The molecule has 2 aromatic heterocycles. The summed E-state index contributed by atoms with van der Waals surface area (Å²) in [5, 5.41) is 4.46. The van der Waals surface area contributed by atoms with Gasteiger partial charge in [-0.25, -0.2) is 0 Å². The lowest BCUT2D eigenvalue weighted by molar-refractivity contribution is -0.137. The summed E-state index contributed by atoms with van der Waals surface area (Å²) >= 11 is 0. The van der Waals surface area contributed by atoms with Crippen LogP contribution in [0.1, 0.15) is 31.0 Å².